The van der Waals surface area contributed by atoms with Crippen molar-refractivity contribution in [3.8, 4) is 5.75 Å². The van der Waals surface area contributed by atoms with Gasteiger partial charge in [-0.2, -0.15) is 4.31 Å². The van der Waals surface area contributed by atoms with Crippen LogP contribution in [0.3, 0.4) is 0 Å². The fraction of sp³-hybridized carbons (Fsp3) is 0.269. The number of benzene rings is 3. The highest BCUT2D eigenvalue weighted by Crippen LogP contribution is 2.26. The van der Waals surface area contributed by atoms with Crippen molar-refractivity contribution in [3.05, 3.63) is 83.9 Å². The number of nitrogens with zero attached hydrogens (tertiary/aromatic N) is 2. The molecule has 1 saturated heterocycles. The van der Waals surface area contributed by atoms with Crippen LogP contribution in [0.2, 0.25) is 0 Å². The molecular formula is C26H30N4O6S2. The molecular weight excluding hydrogens is 528 g/mol. The fourth-order valence-corrected chi connectivity index (χ4v) is 6.60. The topological polar surface area (TPSA) is 125 Å². The van der Waals surface area contributed by atoms with E-state index in [4.69, 9.17) is 4.74 Å². The van der Waals surface area contributed by atoms with E-state index in [0.717, 1.165) is 5.56 Å². The Morgan fingerprint density at radius 3 is 2.18 bits per heavy atom. The normalized spacial score (nSPS) is 15.2. The van der Waals surface area contributed by atoms with Gasteiger partial charge >= 0.3 is 0 Å². The number of likely N-dealkylation sites (N-methyl/N-ethyl adjacent to an activating group) is 1. The Labute approximate surface area is 223 Å². The van der Waals surface area contributed by atoms with Crippen LogP contribution in [-0.4, -0.2) is 72.3 Å². The molecule has 202 valence electrons. The molecule has 1 fully saturated rings. The van der Waals surface area contributed by atoms with Crippen molar-refractivity contribution < 1.29 is 26.4 Å². The number of anilines is 1. The molecule has 1 heterocycles. The first-order chi connectivity index (χ1) is 18.1. The SMILES string of the molecule is COc1ccc(C(=O)Nc2ccc(S(=O)(=O)N3CCN(C)CC3)cc2)cc1S(=O)(=O)NCc1ccccc1. The molecule has 4 rings (SSSR count). The first kappa shape index (κ1) is 27.7. The standard InChI is InChI=1S/C26H30N4O6S2/c1-29-14-16-30(17-15-29)38(34,35)23-11-9-22(10-12-23)28-26(31)21-8-13-24(36-2)25(18-21)37(32,33)27-19-20-6-4-3-5-7-20/h3-13,18,27H,14-17,19H2,1-2H3,(H,28,31). The number of ether oxygens (including phenoxy) is 1. The molecule has 1 aliphatic heterocycles. The molecule has 3 aromatic carbocycles. The molecule has 0 saturated carbocycles. The summed E-state index contributed by atoms with van der Waals surface area (Å²) in [5.74, 6) is -0.456. The minimum atomic E-state index is -4.00. The first-order valence-electron chi connectivity index (χ1n) is 11.9. The van der Waals surface area contributed by atoms with E-state index < -0.39 is 26.0 Å². The molecule has 2 N–H and O–H groups in total. The molecule has 0 aliphatic carbocycles. The quantitative estimate of drug-likeness (QED) is 0.413. The third-order valence-electron chi connectivity index (χ3n) is 6.24. The lowest BCUT2D eigenvalue weighted by molar-refractivity contribution is 0.102. The van der Waals surface area contributed by atoms with E-state index in [1.54, 1.807) is 12.1 Å². The number of carbonyl (C=O) groups is 1. The molecule has 0 aromatic heterocycles. The van der Waals surface area contributed by atoms with Gasteiger partial charge in [-0.05, 0) is 55.1 Å². The maximum Gasteiger partial charge on any atom is 0.255 e. The summed E-state index contributed by atoms with van der Waals surface area (Å²) >= 11 is 0. The zero-order chi connectivity index (χ0) is 27.3. The summed E-state index contributed by atoms with van der Waals surface area (Å²) in [5, 5.41) is 2.69. The molecule has 0 unspecified atom stereocenters. The van der Waals surface area contributed by atoms with Gasteiger partial charge in [-0.25, -0.2) is 21.6 Å². The van der Waals surface area contributed by atoms with E-state index >= 15 is 0 Å². The van der Waals surface area contributed by atoms with Crippen LogP contribution in [-0.2, 0) is 26.6 Å². The minimum Gasteiger partial charge on any atom is -0.495 e. The van der Waals surface area contributed by atoms with Gasteiger partial charge in [0, 0.05) is 44.0 Å². The number of sulfonamides is 2. The van der Waals surface area contributed by atoms with Crippen molar-refractivity contribution >= 4 is 31.6 Å². The smallest absolute Gasteiger partial charge is 0.255 e. The van der Waals surface area contributed by atoms with Gasteiger partial charge < -0.3 is 15.0 Å². The third kappa shape index (κ3) is 6.40. The van der Waals surface area contributed by atoms with E-state index in [1.165, 1.54) is 53.9 Å². The molecule has 0 atom stereocenters. The Hall–Kier alpha value is -3.29. The number of methoxy groups -OCH3 is 1. The van der Waals surface area contributed by atoms with Crippen LogP contribution in [0.1, 0.15) is 15.9 Å². The highest BCUT2D eigenvalue weighted by Gasteiger charge is 2.27. The van der Waals surface area contributed by atoms with Crippen LogP contribution in [0.4, 0.5) is 5.69 Å². The Morgan fingerprint density at radius 1 is 0.895 bits per heavy atom. The predicted molar refractivity (Wildman–Crippen MR) is 144 cm³/mol. The van der Waals surface area contributed by atoms with E-state index in [-0.39, 0.29) is 27.6 Å². The van der Waals surface area contributed by atoms with Crippen molar-refractivity contribution in [2.24, 2.45) is 0 Å². The second-order valence-electron chi connectivity index (χ2n) is 8.86. The molecule has 3 aromatic rings. The fourth-order valence-electron chi connectivity index (χ4n) is 3.97. The van der Waals surface area contributed by atoms with Crippen molar-refractivity contribution in [2.75, 3.05) is 45.7 Å². The minimum absolute atomic E-state index is 0.0755. The molecule has 0 spiro atoms. The van der Waals surface area contributed by atoms with Crippen LogP contribution >= 0.6 is 0 Å². The van der Waals surface area contributed by atoms with Crippen molar-refractivity contribution in [2.45, 2.75) is 16.3 Å². The predicted octanol–water partition coefficient (Wildman–Crippen LogP) is 2.36. The Balaban J connectivity index is 1.48. The summed E-state index contributed by atoms with van der Waals surface area (Å²) in [6, 6.07) is 19.1. The van der Waals surface area contributed by atoms with E-state index in [0.29, 0.717) is 31.9 Å². The van der Waals surface area contributed by atoms with Gasteiger partial charge in [-0.1, -0.05) is 30.3 Å². The summed E-state index contributed by atoms with van der Waals surface area (Å²) < 4.78 is 61.1. The average Bonchev–Trinajstić information content (AvgIpc) is 2.92. The van der Waals surface area contributed by atoms with Crippen molar-refractivity contribution in [1.29, 1.82) is 0 Å². The average molecular weight is 559 g/mol. The van der Waals surface area contributed by atoms with Gasteiger partial charge in [0.2, 0.25) is 20.0 Å². The first-order valence-corrected chi connectivity index (χ1v) is 14.8. The summed E-state index contributed by atoms with van der Waals surface area (Å²) in [5.41, 5.74) is 1.25. The van der Waals surface area contributed by atoms with Gasteiger partial charge in [0.1, 0.15) is 10.6 Å². The van der Waals surface area contributed by atoms with Gasteiger partial charge in [0.15, 0.2) is 0 Å². The third-order valence-corrected chi connectivity index (χ3v) is 9.57. The molecule has 10 nitrogen and oxygen atoms in total. The molecule has 1 aliphatic rings. The summed E-state index contributed by atoms with van der Waals surface area (Å²) in [6.07, 6.45) is 0. The summed E-state index contributed by atoms with van der Waals surface area (Å²) in [6.45, 7) is 2.23. The van der Waals surface area contributed by atoms with Crippen LogP contribution < -0.4 is 14.8 Å². The Kier molecular flexibility index (Phi) is 8.48. The van der Waals surface area contributed by atoms with Crippen LogP contribution in [0, 0.1) is 0 Å². The van der Waals surface area contributed by atoms with Gasteiger partial charge in [-0.3, -0.25) is 4.79 Å². The molecule has 12 heteroatoms. The van der Waals surface area contributed by atoms with Crippen LogP contribution in [0.15, 0.2) is 82.6 Å². The van der Waals surface area contributed by atoms with Crippen LogP contribution in [0.5, 0.6) is 5.75 Å². The number of nitrogens with one attached hydrogen (secondary N) is 2. The summed E-state index contributed by atoms with van der Waals surface area (Å²) in [7, 11) is -4.33. The number of rotatable bonds is 9. The lowest BCUT2D eigenvalue weighted by Crippen LogP contribution is -2.46. The van der Waals surface area contributed by atoms with Gasteiger partial charge in [0.05, 0.1) is 12.0 Å². The molecule has 0 radical (unpaired) electrons. The number of hydrogen-bond donors (Lipinski definition) is 2. The number of piperazine rings is 1. The second kappa shape index (κ2) is 11.6. The lowest BCUT2D eigenvalue weighted by Gasteiger charge is -2.31. The van der Waals surface area contributed by atoms with E-state index in [9.17, 15) is 21.6 Å². The zero-order valence-corrected chi connectivity index (χ0v) is 22.8. The Bertz CT molecular complexity index is 1490. The van der Waals surface area contributed by atoms with Crippen molar-refractivity contribution in [1.82, 2.24) is 13.9 Å². The maximum atomic E-state index is 13.0. The number of hydrogen-bond acceptors (Lipinski definition) is 7. The van der Waals surface area contributed by atoms with Gasteiger partial charge in [0.25, 0.3) is 5.91 Å². The number of amides is 1. The zero-order valence-electron chi connectivity index (χ0n) is 21.1. The monoisotopic (exact) mass is 558 g/mol. The second-order valence-corrected chi connectivity index (χ2v) is 12.5. The molecule has 1 amide bonds. The Morgan fingerprint density at radius 2 is 1.55 bits per heavy atom. The molecule has 38 heavy (non-hydrogen) atoms. The van der Waals surface area contributed by atoms with E-state index in [1.807, 2.05) is 25.2 Å². The maximum absolute atomic E-state index is 13.0. The molecule has 0 bridgehead atoms. The highest BCUT2D eigenvalue weighted by molar-refractivity contribution is 7.89. The lowest BCUT2D eigenvalue weighted by atomic mass is 10.2. The van der Waals surface area contributed by atoms with Crippen molar-refractivity contribution in [3.63, 3.8) is 0 Å². The van der Waals surface area contributed by atoms with Gasteiger partial charge in [-0.15, -0.1) is 0 Å². The number of carbonyl (C=O) groups excluding carboxylic acids is 1. The highest BCUT2D eigenvalue weighted by atomic mass is 32.2. The van der Waals surface area contributed by atoms with Crippen LogP contribution in [0.25, 0.3) is 0 Å². The van der Waals surface area contributed by atoms with E-state index in [2.05, 4.69) is 14.9 Å². The summed E-state index contributed by atoms with van der Waals surface area (Å²) in [4.78, 5) is 15.0. The largest absolute Gasteiger partial charge is 0.495 e.